The van der Waals surface area contributed by atoms with Crippen LogP contribution in [0, 0.1) is 11.8 Å². The number of esters is 1. The third kappa shape index (κ3) is 18.8. The Morgan fingerprint density at radius 1 is 0.672 bits per heavy atom. The lowest BCUT2D eigenvalue weighted by atomic mass is 9.82. The summed E-state index contributed by atoms with van der Waals surface area (Å²) in [4.78, 5) is 24.9. The Labute approximate surface area is 374 Å². The van der Waals surface area contributed by atoms with Gasteiger partial charge in [-0.2, -0.15) is 0 Å². The van der Waals surface area contributed by atoms with Crippen molar-refractivity contribution in [3.05, 3.63) is 85.1 Å². The first-order valence-corrected chi connectivity index (χ1v) is 21.9. The zero-order valence-electron chi connectivity index (χ0n) is 36.7. The minimum atomic E-state index is -2.32. The van der Waals surface area contributed by atoms with E-state index in [1.165, 1.54) is 13.0 Å². The number of aliphatic hydroxyl groups excluding tert-OH is 9. The second-order valence-electron chi connectivity index (χ2n) is 17.1. The maximum atomic E-state index is 12.5. The number of carboxylic acid groups (broad SMARTS) is 1. The summed E-state index contributed by atoms with van der Waals surface area (Å²) in [5, 5.41) is 118. The highest BCUT2D eigenvalue weighted by atomic mass is 16.7. The Morgan fingerprint density at radius 2 is 1.25 bits per heavy atom. The van der Waals surface area contributed by atoms with Gasteiger partial charge in [-0.1, -0.05) is 92.0 Å². The highest BCUT2D eigenvalue weighted by molar-refractivity contribution is 5.71. The molecule has 0 aromatic heterocycles. The molecule has 0 saturated carbocycles. The number of ether oxygens (including phenoxy) is 4. The number of carbonyl (C=O) groups is 2. The molecule has 2 bridgehead atoms. The zero-order chi connectivity index (χ0) is 47.6. The first-order valence-electron chi connectivity index (χ1n) is 21.9. The molecule has 0 aliphatic carbocycles. The van der Waals surface area contributed by atoms with Crippen molar-refractivity contribution < 1.29 is 84.7 Å². The van der Waals surface area contributed by atoms with Crippen molar-refractivity contribution in [1.82, 2.24) is 0 Å². The summed E-state index contributed by atoms with van der Waals surface area (Å²) in [5.74, 6) is -6.35. The molecule has 3 heterocycles. The van der Waals surface area contributed by atoms with E-state index in [4.69, 9.17) is 24.7 Å². The van der Waals surface area contributed by atoms with Gasteiger partial charge in [0.15, 0.2) is 12.1 Å². The molecule has 18 heteroatoms. The summed E-state index contributed by atoms with van der Waals surface area (Å²) in [7, 11) is 0. The topological polar surface area (TPSA) is 320 Å². The van der Waals surface area contributed by atoms with Crippen LogP contribution in [0.5, 0.6) is 0 Å². The van der Waals surface area contributed by atoms with Gasteiger partial charge in [-0.3, -0.25) is 9.59 Å². The van der Waals surface area contributed by atoms with Crippen LogP contribution in [0.2, 0.25) is 0 Å². The summed E-state index contributed by atoms with van der Waals surface area (Å²) in [5.41, 5.74) is 6.01. The Morgan fingerprint density at radius 3 is 1.84 bits per heavy atom. The molecule has 0 aromatic rings. The fourth-order valence-electron chi connectivity index (χ4n) is 7.74. The molecule has 3 rings (SSSR count). The average Bonchev–Trinajstić information content (AvgIpc) is 3.19. The second kappa shape index (κ2) is 27.3. The molecule has 3 aliphatic rings. The van der Waals surface area contributed by atoms with Gasteiger partial charge in [-0.15, -0.1) is 0 Å². The van der Waals surface area contributed by atoms with Crippen LogP contribution in [0.25, 0.3) is 0 Å². The predicted octanol–water partition coefficient (Wildman–Crippen LogP) is 0.466. The van der Waals surface area contributed by atoms with Crippen LogP contribution in [0.15, 0.2) is 85.1 Å². The minimum Gasteiger partial charge on any atom is -0.481 e. The van der Waals surface area contributed by atoms with Gasteiger partial charge >= 0.3 is 11.9 Å². The van der Waals surface area contributed by atoms with Gasteiger partial charge in [0.25, 0.3) is 0 Å². The fourth-order valence-corrected chi connectivity index (χ4v) is 7.74. The Balaban J connectivity index is 1.85. The molecule has 18 nitrogen and oxygen atoms in total. The fraction of sp³-hybridized carbons (Fsp3) is 0.652. The minimum absolute atomic E-state index is 0.104. The molecule has 0 aromatic carbocycles. The standard InChI is InChI=1S/C46H71NO17/c1-27-16-14-12-10-8-6-4-5-7-9-11-13-15-17-33(63-45-43(57)41(47)42(56)29(3)62-45)24-38-40(44(58)59)37(54)26-46(60,64-38)25-32(50)22-36(53)34(51)19-18-30(48)21-31(49)23-39(55)61-28(2)20-35(27)52/h4-17,27-38,40-43,45,48-54,56-57,60H,18-26,47H2,1-3H3,(H,58,59)/b5-4+,8-6+,9-7+,12-10+,13-11+,16-14+,17-15+/t27-,28-,29+,30?,31?,32?,33?,34?,35-,36?,37-,38-,40?,41-,42+,43+,45?,46?/m0/s1. The molecule has 362 valence electrons. The molecule has 9 unspecified atom stereocenters. The van der Waals surface area contributed by atoms with Crippen LogP contribution in [0.4, 0.5) is 0 Å². The molecule has 2 fully saturated rings. The van der Waals surface area contributed by atoms with E-state index in [0.29, 0.717) is 0 Å². The lowest BCUT2D eigenvalue weighted by Crippen LogP contribution is -2.61. The number of aliphatic carboxylic acids is 1. The van der Waals surface area contributed by atoms with Crippen molar-refractivity contribution in [3.8, 4) is 0 Å². The molecule has 13 N–H and O–H groups in total. The lowest BCUT2D eigenvalue weighted by Gasteiger charge is -2.45. The first-order chi connectivity index (χ1) is 30.2. The number of fused-ring (bicyclic) bond motifs is 2. The van der Waals surface area contributed by atoms with Crippen molar-refractivity contribution in [2.45, 2.75) is 176 Å². The van der Waals surface area contributed by atoms with Crippen molar-refractivity contribution >= 4 is 11.9 Å². The molecule has 0 spiro atoms. The Bertz CT molecular complexity index is 1630. The van der Waals surface area contributed by atoms with Crippen molar-refractivity contribution in [1.29, 1.82) is 0 Å². The van der Waals surface area contributed by atoms with Gasteiger partial charge in [0.2, 0.25) is 0 Å². The van der Waals surface area contributed by atoms with Gasteiger partial charge in [-0.25, -0.2) is 0 Å². The highest BCUT2D eigenvalue weighted by Gasteiger charge is 2.51. The smallest absolute Gasteiger partial charge is 0.311 e. The van der Waals surface area contributed by atoms with Crippen LogP contribution >= 0.6 is 0 Å². The highest BCUT2D eigenvalue weighted by Crippen LogP contribution is 2.38. The summed E-state index contributed by atoms with van der Waals surface area (Å²) in [6, 6.07) is -1.15. The second-order valence-corrected chi connectivity index (χ2v) is 17.1. The van der Waals surface area contributed by atoms with E-state index in [1.807, 2.05) is 13.0 Å². The van der Waals surface area contributed by atoms with Crippen molar-refractivity contribution in [2.24, 2.45) is 17.6 Å². The Hall–Kier alpha value is -3.44. The van der Waals surface area contributed by atoms with E-state index in [1.54, 1.807) is 79.8 Å². The van der Waals surface area contributed by atoms with E-state index in [-0.39, 0.29) is 38.0 Å². The van der Waals surface area contributed by atoms with Gasteiger partial charge in [-0.05, 0) is 33.1 Å². The number of aliphatic hydroxyl groups is 10. The lowest BCUT2D eigenvalue weighted by molar-refractivity contribution is -0.308. The van der Waals surface area contributed by atoms with Crippen molar-refractivity contribution in [3.63, 3.8) is 0 Å². The Kier molecular flexibility index (Phi) is 23.4. The summed E-state index contributed by atoms with van der Waals surface area (Å²) < 4.78 is 23.0. The number of nitrogens with two attached hydrogens (primary N) is 1. The van der Waals surface area contributed by atoms with Crippen molar-refractivity contribution in [2.75, 3.05) is 0 Å². The normalized spacial score (nSPS) is 44.8. The molecule has 64 heavy (non-hydrogen) atoms. The molecular formula is C46H71NO17. The number of cyclic esters (lactones) is 1. The number of allylic oxidation sites excluding steroid dienone is 12. The van der Waals surface area contributed by atoms with Gasteiger partial charge in [0.1, 0.15) is 18.1 Å². The summed E-state index contributed by atoms with van der Waals surface area (Å²) >= 11 is 0. The maximum Gasteiger partial charge on any atom is 0.311 e. The molecule has 3 aliphatic heterocycles. The van der Waals surface area contributed by atoms with Gasteiger partial charge in [0.05, 0.1) is 79.6 Å². The molecular weight excluding hydrogens is 838 g/mol. The van der Waals surface area contributed by atoms with Crippen LogP contribution in [-0.4, -0.2) is 166 Å². The van der Waals surface area contributed by atoms with E-state index < -0.39 is 141 Å². The SMILES string of the molecule is C[C@H]1C[C@H](O)[C@@H](C)/C=C/C=C/C=C/C=C/C=C/C=C/C=C/C(OC2O[C@H](C)[C@@H](O)[C@H](N)[C@H]2O)C[C@@H]2OC(O)(CC(O)CC(O)C(O)CCC(O)CC(O)CC(=O)O1)C[C@H](O)C2C(=O)O. The van der Waals surface area contributed by atoms with Crippen LogP contribution in [0.1, 0.15) is 78.6 Å². The number of rotatable bonds is 3. The van der Waals surface area contributed by atoms with E-state index in [0.717, 1.165) is 0 Å². The van der Waals surface area contributed by atoms with Gasteiger partial charge in [0, 0.05) is 38.0 Å². The number of hydrogen-bond donors (Lipinski definition) is 12. The summed E-state index contributed by atoms with van der Waals surface area (Å²) in [6.45, 7) is 4.97. The average molecular weight is 910 g/mol. The van der Waals surface area contributed by atoms with E-state index in [2.05, 4.69) is 0 Å². The largest absolute Gasteiger partial charge is 0.481 e. The zero-order valence-corrected chi connectivity index (χ0v) is 36.7. The summed E-state index contributed by atoms with van der Waals surface area (Å²) in [6.07, 6.45) is 3.69. The third-order valence-corrected chi connectivity index (χ3v) is 11.4. The maximum absolute atomic E-state index is 12.5. The quantitative estimate of drug-likeness (QED) is 0.171. The van der Waals surface area contributed by atoms with E-state index >= 15 is 0 Å². The van der Waals surface area contributed by atoms with Gasteiger partial charge < -0.3 is 80.9 Å². The number of hydrogen-bond acceptors (Lipinski definition) is 17. The van der Waals surface area contributed by atoms with Crippen LogP contribution in [-0.2, 0) is 28.5 Å². The first kappa shape index (κ1) is 54.9. The van der Waals surface area contributed by atoms with Crippen LogP contribution in [0.3, 0.4) is 0 Å². The van der Waals surface area contributed by atoms with Crippen LogP contribution < -0.4 is 5.73 Å². The predicted molar refractivity (Wildman–Crippen MR) is 232 cm³/mol. The molecule has 0 radical (unpaired) electrons. The third-order valence-electron chi connectivity index (χ3n) is 11.4. The molecule has 0 amide bonds. The molecule has 18 atom stereocenters. The molecule has 2 saturated heterocycles. The number of carboxylic acids is 1. The number of carbonyl (C=O) groups excluding carboxylic acids is 1. The monoisotopic (exact) mass is 909 g/mol. The van der Waals surface area contributed by atoms with E-state index in [9.17, 15) is 65.8 Å².